The Labute approximate surface area is 177 Å². The van der Waals surface area contributed by atoms with Gasteiger partial charge in [-0.15, -0.1) is 0 Å². The van der Waals surface area contributed by atoms with Crippen LogP contribution in [0.5, 0.6) is 17.2 Å². The number of ether oxygens (including phenoxy) is 2. The SMILES string of the molecule is O=C(NO)c1ccc2c(c1)N(Cc1cccc(Oc3ccc(Cl)cc3)c1)C(=O)CO2. The highest BCUT2D eigenvalue weighted by Crippen LogP contribution is 2.34. The van der Waals surface area contributed by atoms with E-state index in [4.69, 9.17) is 26.3 Å². The predicted octanol–water partition coefficient (Wildman–Crippen LogP) is 4.18. The van der Waals surface area contributed by atoms with Crippen LogP contribution in [0.15, 0.2) is 66.7 Å². The molecular weight excluding hydrogens is 408 g/mol. The molecule has 0 aliphatic carbocycles. The Bertz CT molecular complexity index is 1100. The van der Waals surface area contributed by atoms with Crippen LogP contribution in [0.4, 0.5) is 5.69 Å². The summed E-state index contributed by atoms with van der Waals surface area (Å²) in [5.74, 6) is 0.827. The van der Waals surface area contributed by atoms with Crippen LogP contribution in [0.25, 0.3) is 0 Å². The van der Waals surface area contributed by atoms with Gasteiger partial charge in [-0.25, -0.2) is 5.48 Å². The number of nitrogens with one attached hydrogen (secondary N) is 1. The minimum atomic E-state index is -0.672. The van der Waals surface area contributed by atoms with Gasteiger partial charge in [-0.1, -0.05) is 23.7 Å². The summed E-state index contributed by atoms with van der Waals surface area (Å²) in [6.45, 7) is 0.163. The number of amides is 2. The lowest BCUT2D eigenvalue weighted by molar-refractivity contribution is -0.121. The molecule has 3 aromatic carbocycles. The Morgan fingerprint density at radius 1 is 1.10 bits per heavy atom. The lowest BCUT2D eigenvalue weighted by Crippen LogP contribution is -2.38. The number of hydroxylamine groups is 1. The average Bonchev–Trinajstić information content (AvgIpc) is 2.77. The highest BCUT2D eigenvalue weighted by molar-refractivity contribution is 6.30. The molecular formula is C22H17ClN2O5. The number of rotatable bonds is 5. The molecule has 0 saturated carbocycles. The smallest absolute Gasteiger partial charge is 0.274 e. The third-order valence-corrected chi connectivity index (χ3v) is 4.81. The fourth-order valence-corrected chi connectivity index (χ4v) is 3.24. The van der Waals surface area contributed by atoms with E-state index in [2.05, 4.69) is 0 Å². The standard InChI is InChI=1S/C22H17ClN2O5/c23-16-5-7-17(8-6-16)30-18-3-1-2-14(10-18)12-25-19-11-15(22(27)24-28)4-9-20(19)29-13-21(25)26/h1-11,28H,12-13H2,(H,24,27). The van der Waals surface area contributed by atoms with Crippen LogP contribution in [-0.2, 0) is 11.3 Å². The number of halogens is 1. The Morgan fingerprint density at radius 2 is 1.90 bits per heavy atom. The molecule has 0 fully saturated rings. The number of hydrogen-bond acceptors (Lipinski definition) is 5. The minimum Gasteiger partial charge on any atom is -0.482 e. The summed E-state index contributed by atoms with van der Waals surface area (Å²) in [5, 5.41) is 9.50. The number of nitrogens with zero attached hydrogens (tertiary/aromatic N) is 1. The molecule has 0 saturated heterocycles. The van der Waals surface area contributed by atoms with Gasteiger partial charge >= 0.3 is 0 Å². The minimum absolute atomic E-state index is 0.0977. The van der Waals surface area contributed by atoms with Crippen molar-refractivity contribution in [1.29, 1.82) is 0 Å². The second-order valence-electron chi connectivity index (χ2n) is 6.60. The zero-order valence-corrected chi connectivity index (χ0v) is 16.4. The third kappa shape index (κ3) is 4.22. The summed E-state index contributed by atoms with van der Waals surface area (Å²) in [7, 11) is 0. The van der Waals surface area contributed by atoms with Crippen LogP contribution in [0, 0.1) is 0 Å². The lowest BCUT2D eigenvalue weighted by atomic mass is 10.1. The van der Waals surface area contributed by atoms with Gasteiger partial charge in [0.2, 0.25) is 0 Å². The van der Waals surface area contributed by atoms with E-state index in [1.54, 1.807) is 35.8 Å². The summed E-state index contributed by atoms with van der Waals surface area (Å²) in [4.78, 5) is 25.8. The van der Waals surface area contributed by atoms with E-state index in [0.29, 0.717) is 28.0 Å². The molecule has 7 nitrogen and oxygen atoms in total. The van der Waals surface area contributed by atoms with Crippen LogP contribution < -0.4 is 19.9 Å². The summed E-state index contributed by atoms with van der Waals surface area (Å²) < 4.78 is 11.3. The molecule has 1 heterocycles. The number of anilines is 1. The molecule has 3 aromatic rings. The quantitative estimate of drug-likeness (QED) is 0.474. The molecule has 2 N–H and O–H groups in total. The molecule has 0 bridgehead atoms. The van der Waals surface area contributed by atoms with Gasteiger partial charge in [0.05, 0.1) is 12.2 Å². The number of fused-ring (bicyclic) bond motifs is 1. The highest BCUT2D eigenvalue weighted by atomic mass is 35.5. The Hall–Kier alpha value is -3.55. The number of hydrogen-bond donors (Lipinski definition) is 2. The number of benzene rings is 3. The maximum atomic E-state index is 12.5. The van der Waals surface area contributed by atoms with Crippen LogP contribution in [0.2, 0.25) is 5.02 Å². The molecule has 0 spiro atoms. The van der Waals surface area contributed by atoms with E-state index in [-0.39, 0.29) is 24.6 Å². The van der Waals surface area contributed by atoms with E-state index >= 15 is 0 Å². The second kappa shape index (κ2) is 8.44. The number of carbonyl (C=O) groups excluding carboxylic acids is 2. The van der Waals surface area contributed by atoms with Crippen molar-refractivity contribution in [3.05, 3.63) is 82.9 Å². The lowest BCUT2D eigenvalue weighted by Gasteiger charge is -2.30. The van der Waals surface area contributed by atoms with Crippen molar-refractivity contribution < 1.29 is 24.3 Å². The average molecular weight is 425 g/mol. The third-order valence-electron chi connectivity index (χ3n) is 4.55. The van der Waals surface area contributed by atoms with E-state index in [9.17, 15) is 9.59 Å². The van der Waals surface area contributed by atoms with Gasteiger partial charge < -0.3 is 14.4 Å². The first kappa shape index (κ1) is 19.8. The Balaban J connectivity index is 1.59. The first-order valence-electron chi connectivity index (χ1n) is 9.07. The molecule has 1 aliphatic rings. The largest absolute Gasteiger partial charge is 0.482 e. The van der Waals surface area contributed by atoms with Crippen molar-refractivity contribution in [3.8, 4) is 17.2 Å². The second-order valence-corrected chi connectivity index (χ2v) is 7.03. The maximum absolute atomic E-state index is 12.5. The molecule has 0 radical (unpaired) electrons. The van der Waals surface area contributed by atoms with Crippen LogP contribution in [-0.4, -0.2) is 23.6 Å². The molecule has 0 atom stereocenters. The number of carbonyl (C=O) groups is 2. The summed E-state index contributed by atoms with van der Waals surface area (Å²) in [5.41, 5.74) is 3.09. The normalized spacial score (nSPS) is 12.7. The molecule has 1 aliphatic heterocycles. The monoisotopic (exact) mass is 424 g/mol. The van der Waals surface area contributed by atoms with Gasteiger partial charge in [-0.05, 0) is 60.2 Å². The van der Waals surface area contributed by atoms with Crippen molar-refractivity contribution in [2.75, 3.05) is 11.5 Å². The summed E-state index contributed by atoms with van der Waals surface area (Å²) in [6, 6.07) is 19.0. The van der Waals surface area contributed by atoms with E-state index in [1.807, 2.05) is 24.3 Å². The molecule has 2 amide bonds. The zero-order chi connectivity index (χ0) is 21.1. The molecule has 152 valence electrons. The molecule has 0 unspecified atom stereocenters. The van der Waals surface area contributed by atoms with Gasteiger partial charge in [0.15, 0.2) is 6.61 Å². The van der Waals surface area contributed by atoms with Crippen LogP contribution >= 0.6 is 11.6 Å². The molecule has 30 heavy (non-hydrogen) atoms. The maximum Gasteiger partial charge on any atom is 0.274 e. The first-order valence-corrected chi connectivity index (χ1v) is 9.45. The van der Waals surface area contributed by atoms with Crippen molar-refractivity contribution in [2.24, 2.45) is 0 Å². The van der Waals surface area contributed by atoms with E-state index < -0.39 is 5.91 Å². The van der Waals surface area contributed by atoms with Crippen molar-refractivity contribution >= 4 is 29.1 Å². The van der Waals surface area contributed by atoms with Crippen LogP contribution in [0.1, 0.15) is 15.9 Å². The molecule has 8 heteroatoms. The predicted molar refractivity (Wildman–Crippen MR) is 110 cm³/mol. The fourth-order valence-electron chi connectivity index (χ4n) is 3.11. The van der Waals surface area contributed by atoms with Crippen LogP contribution in [0.3, 0.4) is 0 Å². The summed E-state index contributed by atoms with van der Waals surface area (Å²) >= 11 is 5.90. The highest BCUT2D eigenvalue weighted by Gasteiger charge is 2.27. The Kier molecular flexibility index (Phi) is 5.56. The summed E-state index contributed by atoms with van der Waals surface area (Å²) in [6.07, 6.45) is 0. The molecule has 4 rings (SSSR count). The van der Waals surface area contributed by atoms with Crippen molar-refractivity contribution in [2.45, 2.75) is 6.54 Å². The van der Waals surface area contributed by atoms with Gasteiger partial charge in [0.1, 0.15) is 17.2 Å². The van der Waals surface area contributed by atoms with E-state index in [1.165, 1.54) is 17.0 Å². The van der Waals surface area contributed by atoms with Gasteiger partial charge in [-0.2, -0.15) is 0 Å². The van der Waals surface area contributed by atoms with Gasteiger partial charge in [0.25, 0.3) is 11.8 Å². The van der Waals surface area contributed by atoms with Crippen molar-refractivity contribution in [3.63, 3.8) is 0 Å². The fraction of sp³-hybridized carbons (Fsp3) is 0.0909. The zero-order valence-electron chi connectivity index (χ0n) is 15.7. The topological polar surface area (TPSA) is 88.1 Å². The molecule has 0 aromatic heterocycles. The van der Waals surface area contributed by atoms with Gasteiger partial charge in [-0.3, -0.25) is 14.8 Å². The van der Waals surface area contributed by atoms with Gasteiger partial charge in [0, 0.05) is 10.6 Å². The van der Waals surface area contributed by atoms with E-state index in [0.717, 1.165) is 5.56 Å². The first-order chi connectivity index (χ1) is 14.5. The van der Waals surface area contributed by atoms with Crippen molar-refractivity contribution in [1.82, 2.24) is 5.48 Å². The Morgan fingerprint density at radius 3 is 2.67 bits per heavy atom.